The summed E-state index contributed by atoms with van der Waals surface area (Å²) in [7, 11) is -3.68. The molecule has 39 heavy (non-hydrogen) atoms. The Bertz CT molecular complexity index is 1130. The number of nitrogen functional groups attached to an aromatic ring is 1. The number of ether oxygens (including phenoxy) is 3. The molecular weight excluding hydrogens is 525 g/mol. The number of carbonyl (C=O) groups is 2. The second-order valence-electron chi connectivity index (χ2n) is 10.1. The van der Waals surface area contributed by atoms with Crippen LogP contribution >= 0.6 is 7.44 Å². The Hall–Kier alpha value is -2.60. The Morgan fingerprint density at radius 1 is 1.08 bits per heavy atom. The lowest BCUT2D eigenvalue weighted by molar-refractivity contribution is -0.149. The molecule has 0 bridgehead atoms. The molecule has 220 valence electrons. The van der Waals surface area contributed by atoms with E-state index in [2.05, 4.69) is 32.1 Å². The number of anilines is 1. The van der Waals surface area contributed by atoms with Crippen LogP contribution in [0.15, 0.2) is 12.7 Å². The van der Waals surface area contributed by atoms with Crippen LogP contribution in [0, 0.1) is 0 Å². The van der Waals surface area contributed by atoms with Gasteiger partial charge >= 0.3 is 11.9 Å². The maximum Gasteiger partial charge on any atom is 0.326 e. The summed E-state index contributed by atoms with van der Waals surface area (Å²) in [4.78, 5) is 37.7. The van der Waals surface area contributed by atoms with Crippen LogP contribution in [0.1, 0.15) is 73.6 Å². The maximum absolute atomic E-state index is 14.1. The highest BCUT2D eigenvalue weighted by molar-refractivity contribution is 7.59. The number of nitrogens with one attached hydrogen (secondary N) is 2. The van der Waals surface area contributed by atoms with Gasteiger partial charge in [0, 0.05) is 0 Å². The SMILES string of the molecule is CCCCCOC(=O)C(C)(C)NP(=O)(COC(C)Cn1cnc2c(N)ncnc21)NC(C)C(=O)OCCCC. The van der Waals surface area contributed by atoms with E-state index in [-0.39, 0.29) is 25.4 Å². The molecule has 2 aromatic heterocycles. The predicted molar refractivity (Wildman–Crippen MR) is 149 cm³/mol. The lowest BCUT2D eigenvalue weighted by Crippen LogP contribution is -2.50. The van der Waals surface area contributed by atoms with Gasteiger partial charge in [0.05, 0.1) is 32.2 Å². The van der Waals surface area contributed by atoms with E-state index in [1.807, 2.05) is 6.92 Å². The van der Waals surface area contributed by atoms with Gasteiger partial charge in [-0.05, 0) is 40.5 Å². The predicted octanol–water partition coefficient (Wildman–Crippen LogP) is 3.39. The molecule has 0 radical (unpaired) electrons. The second-order valence-corrected chi connectivity index (χ2v) is 12.3. The summed E-state index contributed by atoms with van der Waals surface area (Å²) in [5.74, 6) is -0.816. The number of imidazole rings is 1. The Morgan fingerprint density at radius 3 is 2.46 bits per heavy atom. The Kier molecular flexibility index (Phi) is 12.8. The maximum atomic E-state index is 14.1. The number of nitrogens with zero attached hydrogens (tertiary/aromatic N) is 4. The van der Waals surface area contributed by atoms with Gasteiger partial charge in [0.2, 0.25) is 7.44 Å². The van der Waals surface area contributed by atoms with Crippen LogP contribution in [-0.4, -0.2) is 68.7 Å². The van der Waals surface area contributed by atoms with Crippen LogP contribution in [0.25, 0.3) is 11.2 Å². The van der Waals surface area contributed by atoms with E-state index in [1.54, 1.807) is 38.6 Å². The number of hydrogen-bond acceptors (Lipinski definition) is 10. The normalized spacial score (nSPS) is 15.0. The molecule has 0 aliphatic heterocycles. The zero-order chi connectivity index (χ0) is 29.1. The average molecular weight is 570 g/mol. The van der Waals surface area contributed by atoms with Gasteiger partial charge in [-0.1, -0.05) is 33.1 Å². The number of nitrogens with two attached hydrogens (primary N) is 1. The minimum Gasteiger partial charge on any atom is -0.465 e. The molecule has 2 heterocycles. The van der Waals surface area contributed by atoms with Crippen molar-refractivity contribution >= 4 is 36.4 Å². The summed E-state index contributed by atoms with van der Waals surface area (Å²) in [6.45, 7) is 11.5. The molecule has 13 nitrogen and oxygen atoms in total. The molecule has 0 saturated heterocycles. The van der Waals surface area contributed by atoms with Crippen LogP contribution < -0.4 is 15.9 Å². The molecule has 2 aromatic rings. The van der Waals surface area contributed by atoms with Crippen molar-refractivity contribution in [3.8, 4) is 0 Å². The average Bonchev–Trinajstić information content (AvgIpc) is 3.29. The van der Waals surface area contributed by atoms with Gasteiger partial charge in [-0.3, -0.25) is 14.2 Å². The first-order chi connectivity index (χ1) is 18.4. The Labute approximate surface area is 230 Å². The molecule has 0 aliphatic carbocycles. The number of carbonyl (C=O) groups excluding carboxylic acids is 2. The highest BCUT2D eigenvalue weighted by Gasteiger charge is 2.39. The number of unbranched alkanes of at least 4 members (excludes halogenated alkanes) is 3. The molecule has 4 N–H and O–H groups in total. The first kappa shape index (κ1) is 32.6. The second kappa shape index (κ2) is 15.3. The molecule has 0 spiro atoms. The molecule has 0 amide bonds. The molecule has 2 rings (SSSR count). The quantitative estimate of drug-likeness (QED) is 0.136. The third-order valence-corrected chi connectivity index (χ3v) is 8.11. The van der Waals surface area contributed by atoms with Gasteiger partial charge in [0.1, 0.15) is 29.8 Å². The summed E-state index contributed by atoms with van der Waals surface area (Å²) in [5, 5.41) is 5.74. The summed E-state index contributed by atoms with van der Waals surface area (Å²) < 4.78 is 32.5. The van der Waals surface area contributed by atoms with Crippen LogP contribution in [0.5, 0.6) is 0 Å². The number of rotatable bonds is 18. The molecule has 0 saturated carbocycles. The van der Waals surface area contributed by atoms with Crippen molar-refractivity contribution < 1.29 is 28.4 Å². The first-order valence-electron chi connectivity index (χ1n) is 13.5. The van der Waals surface area contributed by atoms with Gasteiger partial charge in [-0.25, -0.2) is 25.1 Å². The fourth-order valence-corrected chi connectivity index (χ4v) is 6.09. The highest BCUT2D eigenvalue weighted by Crippen LogP contribution is 2.40. The standard InChI is InChI=1S/C25H44N7O6P/c1-7-9-11-13-37-24(34)25(5,6)31-39(35,30-19(4)23(33)36-12-10-8-2)17-38-18(3)14-32-16-29-20-21(26)27-15-28-22(20)32/h15-16,18-19H,7-14,17H2,1-6H3,(H2,26,27,28)(H2,30,31,35). The number of aromatic nitrogens is 4. The van der Waals surface area contributed by atoms with E-state index < -0.39 is 37.1 Å². The van der Waals surface area contributed by atoms with E-state index in [0.29, 0.717) is 17.7 Å². The van der Waals surface area contributed by atoms with Crippen LogP contribution in [0.4, 0.5) is 5.82 Å². The van der Waals surface area contributed by atoms with E-state index in [4.69, 9.17) is 19.9 Å². The number of fused-ring (bicyclic) bond motifs is 1. The lowest BCUT2D eigenvalue weighted by atomic mass is 10.1. The van der Waals surface area contributed by atoms with E-state index in [1.165, 1.54) is 6.33 Å². The topological polar surface area (TPSA) is 173 Å². The van der Waals surface area contributed by atoms with Gasteiger partial charge < -0.3 is 24.5 Å². The lowest BCUT2D eigenvalue weighted by Gasteiger charge is -2.32. The van der Waals surface area contributed by atoms with E-state index in [0.717, 1.165) is 32.1 Å². The summed E-state index contributed by atoms with van der Waals surface area (Å²) in [6.07, 6.45) is 6.47. The van der Waals surface area contributed by atoms with Crippen molar-refractivity contribution in [3.05, 3.63) is 12.7 Å². The summed E-state index contributed by atoms with van der Waals surface area (Å²) in [6, 6.07) is -0.910. The summed E-state index contributed by atoms with van der Waals surface area (Å²) >= 11 is 0. The van der Waals surface area contributed by atoms with Gasteiger partial charge in [-0.15, -0.1) is 0 Å². The van der Waals surface area contributed by atoms with Crippen molar-refractivity contribution in [3.63, 3.8) is 0 Å². The van der Waals surface area contributed by atoms with Gasteiger partial charge in [-0.2, -0.15) is 0 Å². The summed E-state index contributed by atoms with van der Waals surface area (Å²) in [5.41, 5.74) is 5.58. The number of esters is 2. The van der Waals surface area contributed by atoms with Crippen molar-refractivity contribution in [2.45, 2.75) is 97.9 Å². The van der Waals surface area contributed by atoms with E-state index >= 15 is 0 Å². The largest absolute Gasteiger partial charge is 0.465 e. The van der Waals surface area contributed by atoms with Gasteiger partial charge in [0.15, 0.2) is 11.5 Å². The number of hydrogen-bond donors (Lipinski definition) is 3. The zero-order valence-corrected chi connectivity index (χ0v) is 24.8. The molecule has 0 aliphatic rings. The zero-order valence-electron chi connectivity index (χ0n) is 23.9. The van der Waals surface area contributed by atoms with Gasteiger partial charge in [0.25, 0.3) is 0 Å². The monoisotopic (exact) mass is 569 g/mol. The van der Waals surface area contributed by atoms with Crippen LogP contribution in [-0.2, 0) is 34.9 Å². The van der Waals surface area contributed by atoms with Crippen LogP contribution in [0.3, 0.4) is 0 Å². The molecule has 14 heteroatoms. The van der Waals surface area contributed by atoms with Crippen molar-refractivity contribution in [1.82, 2.24) is 29.7 Å². The van der Waals surface area contributed by atoms with E-state index in [9.17, 15) is 14.2 Å². The molecule has 3 unspecified atom stereocenters. The van der Waals surface area contributed by atoms with Crippen molar-refractivity contribution in [1.29, 1.82) is 0 Å². The fraction of sp³-hybridized carbons (Fsp3) is 0.720. The third-order valence-electron chi connectivity index (χ3n) is 5.87. The Balaban J connectivity index is 2.12. The minimum absolute atomic E-state index is 0.272. The molecular formula is C25H44N7O6P. The smallest absolute Gasteiger partial charge is 0.326 e. The fourth-order valence-electron chi connectivity index (χ4n) is 3.70. The van der Waals surface area contributed by atoms with Crippen molar-refractivity contribution in [2.24, 2.45) is 0 Å². The minimum atomic E-state index is -3.68. The first-order valence-corrected chi connectivity index (χ1v) is 15.3. The third kappa shape index (κ3) is 10.1. The molecule has 0 aromatic carbocycles. The van der Waals surface area contributed by atoms with Crippen molar-refractivity contribution in [2.75, 3.05) is 25.3 Å². The van der Waals surface area contributed by atoms with Crippen LogP contribution in [0.2, 0.25) is 0 Å². The Morgan fingerprint density at radius 2 is 1.77 bits per heavy atom. The molecule has 0 fully saturated rings. The highest BCUT2D eigenvalue weighted by atomic mass is 31.2. The molecule has 3 atom stereocenters.